The van der Waals surface area contributed by atoms with Gasteiger partial charge in [0.1, 0.15) is 24.1 Å². The first kappa shape index (κ1) is 27.3. The molecule has 0 amide bonds. The van der Waals surface area contributed by atoms with Gasteiger partial charge in [-0.25, -0.2) is 4.57 Å². The van der Waals surface area contributed by atoms with Gasteiger partial charge in [-0.05, 0) is 38.2 Å². The van der Waals surface area contributed by atoms with Crippen LogP contribution in [-0.2, 0) is 23.4 Å². The lowest BCUT2D eigenvalue weighted by Gasteiger charge is -2.24. The van der Waals surface area contributed by atoms with Crippen LogP contribution in [0.2, 0.25) is 0 Å². The van der Waals surface area contributed by atoms with Gasteiger partial charge in [-0.1, -0.05) is 25.1 Å². The molecule has 2 unspecified atom stereocenters. The lowest BCUT2D eigenvalue weighted by atomic mass is 10.1. The molecule has 1 fully saturated rings. The summed E-state index contributed by atoms with van der Waals surface area (Å²) in [5, 5.41) is 21.0. The normalized spacial score (nSPS) is 24.6. The first-order chi connectivity index (χ1) is 16.5. The number of hydrogen-bond donors (Lipinski definition) is 3. The average Bonchev–Trinajstić information content (AvgIpc) is 3.06. The summed E-state index contributed by atoms with van der Waals surface area (Å²) in [5.41, 5.74) is -0.428. The number of H-pyrrole nitrogens is 1. The Morgan fingerprint density at radius 3 is 2.51 bits per heavy atom. The predicted octanol–water partition coefficient (Wildman–Crippen LogP) is 2.40. The van der Waals surface area contributed by atoms with E-state index in [1.54, 1.807) is 51.1 Å². The Kier molecular flexibility index (Phi) is 9.03. The molecule has 0 aliphatic carbocycles. The molecule has 2 heterocycles. The molecule has 11 nitrogen and oxygen atoms in total. The molecule has 0 bridgehead atoms. The molecule has 1 aliphatic heterocycles. The van der Waals surface area contributed by atoms with Crippen LogP contribution in [0.1, 0.15) is 27.0 Å². The van der Waals surface area contributed by atoms with Crippen LogP contribution in [0, 0.1) is 10.7 Å². The molecular weight excluding hydrogens is 499 g/mol. The highest BCUT2D eigenvalue weighted by atomic mass is 32.1. The number of rotatable bonds is 10. The molecule has 1 aromatic carbocycles. The molecule has 192 valence electrons. The zero-order chi connectivity index (χ0) is 25.8. The second-order valence-corrected chi connectivity index (χ2v) is 10.9. The number of aliphatic hydroxyl groups excluding tert-OH is 2. The van der Waals surface area contributed by atoms with Gasteiger partial charge in [0.2, 0.25) is 0 Å². The molecule has 1 saturated heterocycles. The number of benzene rings is 1. The molecule has 3 N–H and O–H groups in total. The van der Waals surface area contributed by atoms with Crippen LogP contribution >= 0.6 is 19.8 Å². The number of para-hydroxylation sites is 1. The summed E-state index contributed by atoms with van der Waals surface area (Å²) in [6, 6.07) is 9.51. The molecule has 13 heteroatoms. The van der Waals surface area contributed by atoms with E-state index in [9.17, 15) is 24.4 Å². The largest absolute Gasteiger partial charge is 0.463 e. The Morgan fingerprint density at radius 1 is 1.20 bits per heavy atom. The van der Waals surface area contributed by atoms with Gasteiger partial charge >= 0.3 is 13.6 Å². The first-order valence-corrected chi connectivity index (χ1v) is 13.1. The quantitative estimate of drug-likeness (QED) is 0.238. The second kappa shape index (κ2) is 11.6. The van der Waals surface area contributed by atoms with Gasteiger partial charge in [0.25, 0.3) is 5.56 Å². The van der Waals surface area contributed by atoms with Crippen molar-refractivity contribution in [3.8, 4) is 5.75 Å². The van der Waals surface area contributed by atoms with Crippen LogP contribution in [-0.4, -0.2) is 62.9 Å². The van der Waals surface area contributed by atoms with E-state index in [1.165, 1.54) is 16.8 Å². The third kappa shape index (κ3) is 7.09. The minimum absolute atomic E-state index is 0.00843. The zero-order valence-electron chi connectivity index (χ0n) is 19.5. The topological polar surface area (TPSA) is 149 Å². The number of aromatic nitrogens is 2. The molecule has 0 spiro atoms. The van der Waals surface area contributed by atoms with Crippen LogP contribution in [0.25, 0.3) is 0 Å². The van der Waals surface area contributed by atoms with E-state index in [-0.39, 0.29) is 22.8 Å². The third-order valence-corrected chi connectivity index (χ3v) is 7.48. The van der Waals surface area contributed by atoms with E-state index in [2.05, 4.69) is 4.98 Å². The van der Waals surface area contributed by atoms with Crippen LogP contribution in [0.3, 0.4) is 0 Å². The van der Waals surface area contributed by atoms with Crippen molar-refractivity contribution in [3.63, 3.8) is 0 Å². The Labute approximate surface area is 207 Å². The number of nitrogens with zero attached hydrogens (tertiary/aromatic N) is 1. The summed E-state index contributed by atoms with van der Waals surface area (Å²) in [7, 11) is -3.95. The molecular formula is C22H29N2O9PS. The van der Waals surface area contributed by atoms with Gasteiger partial charge in [0.05, 0.1) is 24.8 Å². The van der Waals surface area contributed by atoms with E-state index in [0.717, 1.165) is 0 Å². The summed E-state index contributed by atoms with van der Waals surface area (Å²) < 4.78 is 37.1. The van der Waals surface area contributed by atoms with Crippen molar-refractivity contribution in [1.82, 2.24) is 9.55 Å². The summed E-state index contributed by atoms with van der Waals surface area (Å²) in [6.07, 6.45) is -4.34. The van der Waals surface area contributed by atoms with Crippen molar-refractivity contribution in [3.05, 3.63) is 57.7 Å². The summed E-state index contributed by atoms with van der Waals surface area (Å²) in [5.74, 6) is -1.09. The molecule has 0 saturated carbocycles. The van der Waals surface area contributed by atoms with Gasteiger partial charge in [-0.3, -0.25) is 23.7 Å². The Balaban J connectivity index is 1.75. The molecule has 35 heavy (non-hydrogen) atoms. The number of carbonyl (C=O) groups excluding carboxylic acids is 1. The lowest BCUT2D eigenvalue weighted by Crippen LogP contribution is -2.34. The minimum Gasteiger partial charge on any atom is -0.463 e. The number of ether oxygens (including phenoxy) is 2. The highest BCUT2D eigenvalue weighted by Crippen LogP contribution is 2.50. The molecule has 0 radical (unpaired) electrons. The van der Waals surface area contributed by atoms with Crippen LogP contribution in [0.5, 0.6) is 5.75 Å². The number of nitrogens with one attached hydrogen (secondary N) is 1. The molecule has 1 aliphatic rings. The Bertz CT molecular complexity index is 1170. The van der Waals surface area contributed by atoms with E-state index in [0.29, 0.717) is 0 Å². The number of aliphatic hydroxyl groups is 2. The second-order valence-electron chi connectivity index (χ2n) is 8.44. The fourth-order valence-corrected chi connectivity index (χ4v) is 5.56. The molecule has 3 rings (SSSR count). The van der Waals surface area contributed by atoms with Gasteiger partial charge < -0.3 is 24.2 Å². The number of hydrogen-bond acceptors (Lipinski definition) is 10. The fraction of sp³-hybridized carbons (Fsp3) is 0.500. The zero-order valence-corrected chi connectivity index (χ0v) is 21.2. The van der Waals surface area contributed by atoms with Crippen molar-refractivity contribution in [2.24, 2.45) is 5.92 Å². The Morgan fingerprint density at radius 2 is 1.89 bits per heavy atom. The van der Waals surface area contributed by atoms with Gasteiger partial charge in [-0.15, -0.1) is 0 Å². The smallest absolute Gasteiger partial charge is 0.380 e. The minimum atomic E-state index is -3.95. The molecule has 1 aromatic heterocycles. The molecule has 2 aromatic rings. The van der Waals surface area contributed by atoms with E-state index < -0.39 is 56.2 Å². The Hall–Kier alpha value is -2.34. The predicted molar refractivity (Wildman–Crippen MR) is 128 cm³/mol. The van der Waals surface area contributed by atoms with E-state index in [1.807, 2.05) is 0 Å². The number of esters is 1. The van der Waals surface area contributed by atoms with Crippen LogP contribution in [0.15, 0.2) is 47.4 Å². The first-order valence-electron chi connectivity index (χ1n) is 11.0. The maximum absolute atomic E-state index is 13.7. The van der Waals surface area contributed by atoms with Crippen molar-refractivity contribution in [2.45, 2.75) is 51.4 Å². The van der Waals surface area contributed by atoms with Gasteiger partial charge in [-0.2, -0.15) is 0 Å². The van der Waals surface area contributed by atoms with E-state index in [4.69, 9.17) is 30.7 Å². The van der Waals surface area contributed by atoms with Gasteiger partial charge in [0.15, 0.2) is 11.0 Å². The SMILES string of the molecule is CC(C)OC(=O)[C@H](C)CP(=O)(OC[C@H]1O[C@@H](n2ccc(=O)[nH]c2=S)[C@@H](O)C1O)Oc1ccccc1. The maximum Gasteiger partial charge on any atom is 0.380 e. The van der Waals surface area contributed by atoms with Crippen molar-refractivity contribution >= 4 is 25.8 Å². The third-order valence-electron chi connectivity index (χ3n) is 5.14. The van der Waals surface area contributed by atoms with Crippen LogP contribution < -0.4 is 10.1 Å². The highest BCUT2D eigenvalue weighted by Gasteiger charge is 2.45. The summed E-state index contributed by atoms with van der Waals surface area (Å²) in [4.78, 5) is 26.1. The van der Waals surface area contributed by atoms with Crippen molar-refractivity contribution < 1.29 is 38.1 Å². The molecule has 6 atom stereocenters. The number of carbonyl (C=O) groups is 1. The average molecular weight is 529 g/mol. The van der Waals surface area contributed by atoms with Crippen molar-refractivity contribution in [1.29, 1.82) is 0 Å². The summed E-state index contributed by atoms with van der Waals surface area (Å²) >= 11 is 5.10. The highest BCUT2D eigenvalue weighted by molar-refractivity contribution is 7.71. The summed E-state index contributed by atoms with van der Waals surface area (Å²) in [6.45, 7) is 4.54. The number of aromatic amines is 1. The standard InChI is InChI=1S/C22H29N2O9PS/c1-13(2)31-21(28)14(3)12-34(29,33-15-7-5-4-6-8-15)30-11-16-18(26)19(27)20(32-16)24-10-9-17(25)23-22(24)35/h4-10,13-14,16,18-20,26-27H,11-12H2,1-3H3,(H,23,25,35)/t14-,16-,18?,19+,20-,34?/m1/s1. The monoisotopic (exact) mass is 528 g/mol. The maximum atomic E-state index is 13.7. The van der Waals surface area contributed by atoms with Crippen molar-refractivity contribution in [2.75, 3.05) is 12.8 Å². The van der Waals surface area contributed by atoms with Crippen LogP contribution in [0.4, 0.5) is 0 Å². The van der Waals surface area contributed by atoms with E-state index >= 15 is 0 Å². The lowest BCUT2D eigenvalue weighted by molar-refractivity contribution is -0.151. The fourth-order valence-electron chi connectivity index (χ4n) is 3.43. The van der Waals surface area contributed by atoms with Gasteiger partial charge in [0, 0.05) is 12.3 Å².